The predicted molar refractivity (Wildman–Crippen MR) is 138 cm³/mol. The van der Waals surface area contributed by atoms with Gasteiger partial charge in [0.25, 0.3) is 5.91 Å². The lowest BCUT2D eigenvalue weighted by Gasteiger charge is -2.23. The number of carbonyl (C=O) groups is 1. The van der Waals surface area contributed by atoms with Crippen LogP contribution in [-0.2, 0) is 24.9 Å². The van der Waals surface area contributed by atoms with Crippen LogP contribution in [0.5, 0.6) is 5.75 Å². The molecule has 1 saturated heterocycles. The van der Waals surface area contributed by atoms with E-state index in [4.69, 9.17) is 9.47 Å². The number of carbonyl (C=O) groups excluding carboxylic acids is 1. The maximum Gasteiger partial charge on any atom is 0.260 e. The largest absolute Gasteiger partial charge is 0.493 e. The number of ether oxygens (including phenoxy) is 2. The van der Waals surface area contributed by atoms with Crippen molar-refractivity contribution in [2.75, 3.05) is 19.8 Å². The third kappa shape index (κ3) is 5.31. The maximum atomic E-state index is 13.8. The van der Waals surface area contributed by atoms with Crippen LogP contribution in [0.2, 0.25) is 0 Å². The quantitative estimate of drug-likeness (QED) is 0.376. The summed E-state index contributed by atoms with van der Waals surface area (Å²) in [5.74, 6) is 0.827. The Labute approximate surface area is 209 Å². The molecule has 1 aliphatic heterocycles. The van der Waals surface area contributed by atoms with Gasteiger partial charge in [0.05, 0.1) is 31.0 Å². The summed E-state index contributed by atoms with van der Waals surface area (Å²) in [6.45, 7) is 2.71. The van der Waals surface area contributed by atoms with Gasteiger partial charge in [-0.25, -0.2) is 0 Å². The average Bonchev–Trinajstić information content (AvgIpc) is 3.44. The first kappa shape index (κ1) is 23.8. The first-order valence-electron chi connectivity index (χ1n) is 12.2. The minimum Gasteiger partial charge on any atom is -0.493 e. The minimum absolute atomic E-state index is 0.140. The summed E-state index contributed by atoms with van der Waals surface area (Å²) in [5.41, 5.74) is 2.32. The Morgan fingerprint density at radius 3 is 2.78 bits per heavy atom. The van der Waals surface area contributed by atoms with Crippen molar-refractivity contribution in [2.45, 2.75) is 19.5 Å². The highest BCUT2D eigenvalue weighted by Crippen LogP contribution is 2.20. The zero-order valence-electron chi connectivity index (χ0n) is 20.3. The van der Waals surface area contributed by atoms with Crippen molar-refractivity contribution in [3.8, 4) is 5.75 Å². The number of para-hydroxylation sites is 1. The molecule has 1 atom stereocenters. The van der Waals surface area contributed by atoms with Crippen molar-refractivity contribution in [1.29, 1.82) is 0 Å². The Balaban J connectivity index is 1.43. The van der Waals surface area contributed by atoms with Gasteiger partial charge in [-0.15, -0.1) is 0 Å². The van der Waals surface area contributed by atoms with Gasteiger partial charge in [0.15, 0.2) is 0 Å². The highest BCUT2D eigenvalue weighted by molar-refractivity contribution is 5.97. The fourth-order valence-corrected chi connectivity index (χ4v) is 4.53. The molecule has 0 saturated carbocycles. The summed E-state index contributed by atoms with van der Waals surface area (Å²) in [4.78, 5) is 33.2. The van der Waals surface area contributed by atoms with E-state index < -0.39 is 0 Å². The standard InChI is InChI=1S/C29H29N3O4/c1-31-18-26(28(33)25-10-2-3-11-27(25)31)29(34)32(17-23-8-4-5-13-30-23)16-21-7-6-9-24(15-21)36-20-22-12-14-35-19-22/h2-11,13,15,18,22H,12,14,16-17,19-20H2,1H3/t22-/m0/s1. The number of rotatable bonds is 8. The Bertz CT molecular complexity index is 1410. The fourth-order valence-electron chi connectivity index (χ4n) is 4.53. The normalized spacial score (nSPS) is 15.2. The molecule has 0 N–H and O–H groups in total. The topological polar surface area (TPSA) is 73.7 Å². The molecule has 184 valence electrons. The first-order valence-corrected chi connectivity index (χ1v) is 12.2. The molecule has 0 aliphatic carbocycles. The van der Waals surface area contributed by atoms with Gasteiger partial charge in [-0.2, -0.15) is 0 Å². The molecule has 3 heterocycles. The Morgan fingerprint density at radius 2 is 1.97 bits per heavy atom. The third-order valence-corrected chi connectivity index (χ3v) is 6.47. The zero-order chi connectivity index (χ0) is 24.9. The lowest BCUT2D eigenvalue weighted by atomic mass is 10.1. The molecule has 4 aromatic rings. The highest BCUT2D eigenvalue weighted by atomic mass is 16.5. The van der Waals surface area contributed by atoms with E-state index >= 15 is 0 Å². The van der Waals surface area contributed by atoms with Gasteiger partial charge in [-0.3, -0.25) is 14.6 Å². The lowest BCUT2D eigenvalue weighted by molar-refractivity contribution is 0.0725. The molecule has 7 heteroatoms. The number of aryl methyl sites for hydroxylation is 1. The smallest absolute Gasteiger partial charge is 0.260 e. The van der Waals surface area contributed by atoms with Crippen LogP contribution in [0.4, 0.5) is 0 Å². The van der Waals surface area contributed by atoms with Crippen LogP contribution in [0.3, 0.4) is 0 Å². The van der Waals surface area contributed by atoms with E-state index in [1.165, 1.54) is 0 Å². The highest BCUT2D eigenvalue weighted by Gasteiger charge is 2.22. The molecule has 0 unspecified atom stereocenters. The molecule has 1 aliphatic rings. The SMILES string of the molecule is Cn1cc(C(=O)N(Cc2cccc(OC[C@H]3CCOC3)c2)Cc2ccccn2)c(=O)c2ccccc21. The number of fused-ring (bicyclic) bond motifs is 1. The van der Waals surface area contributed by atoms with Crippen LogP contribution in [0, 0.1) is 5.92 Å². The van der Waals surface area contributed by atoms with Crippen molar-refractivity contribution in [1.82, 2.24) is 14.5 Å². The Kier molecular flexibility index (Phi) is 7.09. The molecule has 0 spiro atoms. The van der Waals surface area contributed by atoms with Gasteiger partial charge < -0.3 is 18.9 Å². The second-order valence-electron chi connectivity index (χ2n) is 9.17. The van der Waals surface area contributed by atoms with Crippen molar-refractivity contribution in [2.24, 2.45) is 13.0 Å². The maximum absolute atomic E-state index is 13.8. The van der Waals surface area contributed by atoms with E-state index in [0.29, 0.717) is 24.5 Å². The van der Waals surface area contributed by atoms with Crippen LogP contribution >= 0.6 is 0 Å². The molecular weight excluding hydrogens is 454 g/mol. The van der Waals surface area contributed by atoms with Crippen LogP contribution in [0.25, 0.3) is 10.9 Å². The number of hydrogen-bond acceptors (Lipinski definition) is 5. The van der Waals surface area contributed by atoms with Crippen LogP contribution in [-0.4, -0.2) is 40.2 Å². The molecule has 36 heavy (non-hydrogen) atoms. The van der Waals surface area contributed by atoms with Crippen molar-refractivity contribution < 1.29 is 14.3 Å². The second-order valence-corrected chi connectivity index (χ2v) is 9.17. The Hall–Kier alpha value is -3.97. The monoisotopic (exact) mass is 483 g/mol. The second kappa shape index (κ2) is 10.7. The van der Waals surface area contributed by atoms with Gasteiger partial charge in [0, 0.05) is 43.9 Å². The molecule has 5 rings (SSSR count). The zero-order valence-corrected chi connectivity index (χ0v) is 20.3. The van der Waals surface area contributed by atoms with Gasteiger partial charge >= 0.3 is 0 Å². The number of benzene rings is 2. The summed E-state index contributed by atoms with van der Waals surface area (Å²) in [7, 11) is 1.85. The van der Waals surface area contributed by atoms with E-state index in [0.717, 1.165) is 42.2 Å². The van der Waals surface area contributed by atoms with E-state index in [9.17, 15) is 9.59 Å². The lowest BCUT2D eigenvalue weighted by Crippen LogP contribution is -2.34. The van der Waals surface area contributed by atoms with Gasteiger partial charge in [0.1, 0.15) is 11.3 Å². The predicted octanol–water partition coefficient (Wildman–Crippen LogP) is 4.19. The fraction of sp³-hybridized carbons (Fsp3) is 0.276. The van der Waals surface area contributed by atoms with Crippen molar-refractivity contribution in [3.63, 3.8) is 0 Å². The molecule has 7 nitrogen and oxygen atoms in total. The minimum atomic E-state index is -0.332. The number of aromatic nitrogens is 2. The summed E-state index contributed by atoms with van der Waals surface area (Å²) >= 11 is 0. The van der Waals surface area contributed by atoms with Gasteiger partial charge in [0.2, 0.25) is 5.43 Å². The Morgan fingerprint density at radius 1 is 1.11 bits per heavy atom. The summed E-state index contributed by atoms with van der Waals surface area (Å²) in [5, 5.41) is 0.523. The van der Waals surface area contributed by atoms with E-state index in [2.05, 4.69) is 4.98 Å². The summed E-state index contributed by atoms with van der Waals surface area (Å²) < 4.78 is 13.3. The first-order chi connectivity index (χ1) is 17.6. The van der Waals surface area contributed by atoms with E-state index in [-0.39, 0.29) is 23.4 Å². The molecule has 2 aromatic heterocycles. The average molecular weight is 484 g/mol. The van der Waals surface area contributed by atoms with Crippen LogP contribution in [0.1, 0.15) is 28.0 Å². The van der Waals surface area contributed by atoms with Crippen molar-refractivity contribution in [3.05, 3.63) is 106 Å². The van der Waals surface area contributed by atoms with Gasteiger partial charge in [-0.05, 0) is 48.4 Å². The third-order valence-electron chi connectivity index (χ3n) is 6.47. The van der Waals surface area contributed by atoms with Crippen LogP contribution in [0.15, 0.2) is 83.9 Å². The van der Waals surface area contributed by atoms with E-state index in [1.54, 1.807) is 23.4 Å². The van der Waals surface area contributed by atoms with Crippen LogP contribution < -0.4 is 10.2 Å². The molecular formula is C29H29N3O4. The van der Waals surface area contributed by atoms with Gasteiger partial charge in [-0.1, -0.05) is 30.3 Å². The molecule has 0 bridgehead atoms. The number of amides is 1. The number of hydrogen-bond donors (Lipinski definition) is 0. The molecule has 0 radical (unpaired) electrons. The molecule has 2 aromatic carbocycles. The van der Waals surface area contributed by atoms with E-state index in [1.807, 2.05) is 72.3 Å². The number of pyridine rings is 2. The van der Waals surface area contributed by atoms with Crippen molar-refractivity contribution >= 4 is 16.8 Å². The molecule has 1 amide bonds. The molecule has 1 fully saturated rings. The summed E-state index contributed by atoms with van der Waals surface area (Å²) in [6.07, 6.45) is 4.34. The summed E-state index contributed by atoms with van der Waals surface area (Å²) in [6, 6.07) is 20.7. The number of nitrogens with zero attached hydrogens (tertiary/aromatic N) is 3.